The molecule has 0 saturated carbocycles. The van der Waals surface area contributed by atoms with Crippen LogP contribution < -0.4 is 10.6 Å². The van der Waals surface area contributed by atoms with Crippen LogP contribution >= 0.6 is 12.4 Å². The Morgan fingerprint density at radius 1 is 1.21 bits per heavy atom. The van der Waals surface area contributed by atoms with Crippen molar-refractivity contribution in [2.45, 2.75) is 46.1 Å². The molecule has 2 saturated heterocycles. The van der Waals surface area contributed by atoms with Crippen LogP contribution in [0.25, 0.3) is 0 Å². The quantitative estimate of drug-likeness (QED) is 0.802. The number of nitrogens with one attached hydrogen (secondary N) is 2. The molecule has 0 aromatic carbocycles. The Morgan fingerprint density at radius 3 is 2.62 bits per heavy atom. The first-order valence-electron chi connectivity index (χ1n) is 8.99. The SMILES string of the molecule is CC(C)CNC(=O)N1CCCC(CC(=O)N2CCNC(C)C2)C1.Cl. The van der Waals surface area contributed by atoms with Gasteiger partial charge in [0.15, 0.2) is 0 Å². The minimum absolute atomic E-state index is 0. The number of halogens is 1. The molecule has 2 aliphatic rings. The molecule has 0 spiro atoms. The number of nitrogens with zero attached hydrogens (tertiary/aromatic N) is 2. The topological polar surface area (TPSA) is 64.7 Å². The second-order valence-corrected chi connectivity index (χ2v) is 7.43. The van der Waals surface area contributed by atoms with Crippen molar-refractivity contribution in [3.63, 3.8) is 0 Å². The number of likely N-dealkylation sites (tertiary alicyclic amines) is 1. The third-order valence-electron chi connectivity index (χ3n) is 4.65. The zero-order chi connectivity index (χ0) is 16.8. The van der Waals surface area contributed by atoms with E-state index in [1.54, 1.807) is 0 Å². The van der Waals surface area contributed by atoms with Gasteiger partial charge in [-0.25, -0.2) is 4.79 Å². The van der Waals surface area contributed by atoms with Gasteiger partial charge < -0.3 is 20.4 Å². The van der Waals surface area contributed by atoms with Crippen LogP contribution in [0.5, 0.6) is 0 Å². The minimum atomic E-state index is 0. The lowest BCUT2D eigenvalue weighted by atomic mass is 9.94. The highest BCUT2D eigenvalue weighted by Gasteiger charge is 2.28. The van der Waals surface area contributed by atoms with E-state index >= 15 is 0 Å². The Hall–Kier alpha value is -1.01. The van der Waals surface area contributed by atoms with Crippen LogP contribution in [0.1, 0.15) is 40.0 Å². The molecule has 2 N–H and O–H groups in total. The summed E-state index contributed by atoms with van der Waals surface area (Å²) >= 11 is 0. The van der Waals surface area contributed by atoms with E-state index < -0.39 is 0 Å². The van der Waals surface area contributed by atoms with Crippen molar-refractivity contribution in [3.05, 3.63) is 0 Å². The molecule has 0 aromatic heterocycles. The second-order valence-electron chi connectivity index (χ2n) is 7.43. The average molecular weight is 361 g/mol. The summed E-state index contributed by atoms with van der Waals surface area (Å²) in [4.78, 5) is 28.5. The largest absolute Gasteiger partial charge is 0.340 e. The monoisotopic (exact) mass is 360 g/mol. The molecule has 2 atom stereocenters. The average Bonchev–Trinajstić information content (AvgIpc) is 2.52. The third kappa shape index (κ3) is 6.48. The Kier molecular flexibility index (Phi) is 8.84. The van der Waals surface area contributed by atoms with Crippen LogP contribution in [0.15, 0.2) is 0 Å². The zero-order valence-corrected chi connectivity index (χ0v) is 16.0. The first-order chi connectivity index (χ1) is 11.0. The van der Waals surface area contributed by atoms with Gasteiger partial charge in [0.25, 0.3) is 0 Å². The first-order valence-corrected chi connectivity index (χ1v) is 8.99. The molecule has 2 heterocycles. The fourth-order valence-corrected chi connectivity index (χ4v) is 3.35. The van der Waals surface area contributed by atoms with Crippen molar-refractivity contribution in [1.82, 2.24) is 20.4 Å². The molecule has 24 heavy (non-hydrogen) atoms. The predicted octanol–water partition coefficient (Wildman–Crippen LogP) is 1.70. The molecule has 2 unspecified atom stereocenters. The number of piperidine rings is 1. The molecule has 2 rings (SSSR count). The van der Waals surface area contributed by atoms with Gasteiger partial charge in [-0.15, -0.1) is 12.4 Å². The molecule has 0 radical (unpaired) electrons. The number of piperazine rings is 1. The van der Waals surface area contributed by atoms with Gasteiger partial charge in [-0.05, 0) is 31.6 Å². The van der Waals surface area contributed by atoms with Crippen molar-refractivity contribution < 1.29 is 9.59 Å². The van der Waals surface area contributed by atoms with Crippen molar-refractivity contribution in [3.8, 4) is 0 Å². The van der Waals surface area contributed by atoms with E-state index in [4.69, 9.17) is 0 Å². The number of urea groups is 1. The summed E-state index contributed by atoms with van der Waals surface area (Å²) in [6.07, 6.45) is 2.60. The maximum Gasteiger partial charge on any atom is 0.317 e. The Balaban J connectivity index is 0.00000288. The Bertz CT molecular complexity index is 419. The number of rotatable bonds is 4. The van der Waals surface area contributed by atoms with E-state index in [0.717, 1.165) is 39.0 Å². The number of hydrogen-bond acceptors (Lipinski definition) is 3. The van der Waals surface area contributed by atoms with Gasteiger partial charge in [0, 0.05) is 51.7 Å². The predicted molar refractivity (Wildman–Crippen MR) is 98.4 cm³/mol. The number of carbonyl (C=O) groups excluding carboxylic acids is 2. The maximum absolute atomic E-state index is 12.5. The fraction of sp³-hybridized carbons (Fsp3) is 0.882. The summed E-state index contributed by atoms with van der Waals surface area (Å²) in [5.74, 6) is 0.995. The molecule has 0 aromatic rings. The lowest BCUT2D eigenvalue weighted by molar-refractivity contribution is -0.133. The van der Waals surface area contributed by atoms with Gasteiger partial charge in [0.05, 0.1) is 0 Å². The standard InChI is InChI=1S/C17H32N4O2.ClH/c1-13(2)10-19-17(23)21-7-4-5-15(12-21)9-16(22)20-8-6-18-14(3)11-20;/h13-15,18H,4-12H2,1-3H3,(H,19,23);1H. The van der Waals surface area contributed by atoms with Crippen LogP contribution in [0, 0.1) is 11.8 Å². The van der Waals surface area contributed by atoms with Gasteiger partial charge in [0.1, 0.15) is 0 Å². The smallest absolute Gasteiger partial charge is 0.317 e. The number of carbonyl (C=O) groups is 2. The molecule has 2 fully saturated rings. The molecule has 0 aliphatic carbocycles. The van der Waals surface area contributed by atoms with Crippen LogP contribution in [-0.2, 0) is 4.79 Å². The van der Waals surface area contributed by atoms with E-state index in [0.29, 0.717) is 37.4 Å². The fourth-order valence-electron chi connectivity index (χ4n) is 3.35. The van der Waals surface area contributed by atoms with Gasteiger partial charge in [-0.2, -0.15) is 0 Å². The molecule has 140 valence electrons. The van der Waals surface area contributed by atoms with Crippen LogP contribution in [0.2, 0.25) is 0 Å². The van der Waals surface area contributed by atoms with E-state index in [-0.39, 0.29) is 24.3 Å². The van der Waals surface area contributed by atoms with Gasteiger partial charge in [0.2, 0.25) is 5.91 Å². The summed E-state index contributed by atoms with van der Waals surface area (Å²) < 4.78 is 0. The van der Waals surface area contributed by atoms with Crippen molar-refractivity contribution in [1.29, 1.82) is 0 Å². The lowest BCUT2D eigenvalue weighted by Crippen LogP contribution is -2.52. The summed E-state index contributed by atoms with van der Waals surface area (Å²) in [6.45, 7) is 11.0. The summed E-state index contributed by atoms with van der Waals surface area (Å²) in [6, 6.07) is 0.393. The van der Waals surface area contributed by atoms with E-state index in [1.807, 2.05) is 9.80 Å². The van der Waals surface area contributed by atoms with Crippen LogP contribution in [-0.4, -0.2) is 67.0 Å². The molecule has 2 aliphatic heterocycles. The van der Waals surface area contributed by atoms with Crippen molar-refractivity contribution in [2.75, 3.05) is 39.3 Å². The first kappa shape index (κ1) is 21.0. The molecular formula is C17H33ClN4O2. The van der Waals surface area contributed by atoms with Gasteiger partial charge in [-0.3, -0.25) is 4.79 Å². The van der Waals surface area contributed by atoms with Gasteiger partial charge in [-0.1, -0.05) is 13.8 Å². The minimum Gasteiger partial charge on any atom is -0.340 e. The number of hydrogen-bond donors (Lipinski definition) is 2. The molecular weight excluding hydrogens is 328 g/mol. The molecule has 6 nitrogen and oxygen atoms in total. The molecule has 3 amide bonds. The molecule has 7 heteroatoms. The summed E-state index contributed by atoms with van der Waals surface area (Å²) in [7, 11) is 0. The normalized spacial score (nSPS) is 24.5. The Morgan fingerprint density at radius 2 is 1.96 bits per heavy atom. The van der Waals surface area contributed by atoms with Crippen LogP contribution in [0.4, 0.5) is 4.79 Å². The van der Waals surface area contributed by atoms with E-state index in [1.165, 1.54) is 0 Å². The highest BCUT2D eigenvalue weighted by Crippen LogP contribution is 2.21. The summed E-state index contributed by atoms with van der Waals surface area (Å²) in [5.41, 5.74) is 0. The highest BCUT2D eigenvalue weighted by atomic mass is 35.5. The third-order valence-corrected chi connectivity index (χ3v) is 4.65. The van der Waals surface area contributed by atoms with Gasteiger partial charge >= 0.3 is 6.03 Å². The van der Waals surface area contributed by atoms with E-state index in [2.05, 4.69) is 31.4 Å². The molecule has 0 bridgehead atoms. The van der Waals surface area contributed by atoms with Crippen molar-refractivity contribution >= 4 is 24.3 Å². The van der Waals surface area contributed by atoms with Crippen molar-refractivity contribution in [2.24, 2.45) is 11.8 Å². The van der Waals surface area contributed by atoms with E-state index in [9.17, 15) is 9.59 Å². The maximum atomic E-state index is 12.5. The second kappa shape index (κ2) is 10.1. The highest BCUT2D eigenvalue weighted by molar-refractivity contribution is 5.85. The van der Waals surface area contributed by atoms with Crippen LogP contribution in [0.3, 0.4) is 0 Å². The number of amides is 3. The summed E-state index contributed by atoms with van der Waals surface area (Å²) in [5, 5.41) is 6.34. The Labute approximate surface area is 152 Å². The lowest BCUT2D eigenvalue weighted by Gasteiger charge is -2.36. The zero-order valence-electron chi connectivity index (χ0n) is 15.2.